The Kier molecular flexibility index (Phi) is 2.17. The molecule has 1 aliphatic carbocycles. The standard InChI is InChI=1S/C12H14O/c1-9-2-4-10(5-3-9)8-12(13)11-6-7-11/h2-5,11H,6-8H2,1H3. The Hall–Kier alpha value is -1.11. The third kappa shape index (κ3) is 2.18. The van der Waals surface area contributed by atoms with E-state index in [-0.39, 0.29) is 0 Å². The second kappa shape index (κ2) is 3.33. The maximum absolute atomic E-state index is 11.5. The summed E-state index contributed by atoms with van der Waals surface area (Å²) in [5, 5.41) is 0. The lowest BCUT2D eigenvalue weighted by atomic mass is 10.1. The molecule has 0 heterocycles. The van der Waals surface area contributed by atoms with Gasteiger partial charge in [-0.3, -0.25) is 4.79 Å². The summed E-state index contributed by atoms with van der Waals surface area (Å²) in [5.74, 6) is 0.810. The van der Waals surface area contributed by atoms with Crippen LogP contribution in [0.3, 0.4) is 0 Å². The fraction of sp³-hybridized carbons (Fsp3) is 0.417. The highest BCUT2D eigenvalue weighted by Gasteiger charge is 2.28. The molecule has 0 amide bonds. The van der Waals surface area contributed by atoms with Crippen LogP contribution < -0.4 is 0 Å². The Morgan fingerprint density at radius 3 is 2.46 bits per heavy atom. The van der Waals surface area contributed by atoms with Crippen LogP contribution in [0.4, 0.5) is 0 Å². The van der Waals surface area contributed by atoms with E-state index < -0.39 is 0 Å². The van der Waals surface area contributed by atoms with Gasteiger partial charge in [0.1, 0.15) is 5.78 Å². The van der Waals surface area contributed by atoms with Gasteiger partial charge in [0.25, 0.3) is 0 Å². The largest absolute Gasteiger partial charge is 0.299 e. The molecule has 0 atom stereocenters. The van der Waals surface area contributed by atoms with Crippen molar-refractivity contribution in [2.75, 3.05) is 0 Å². The first-order valence-electron chi connectivity index (χ1n) is 4.84. The van der Waals surface area contributed by atoms with E-state index in [4.69, 9.17) is 0 Å². The van der Waals surface area contributed by atoms with E-state index in [1.54, 1.807) is 0 Å². The number of Topliss-reactive ketones (excluding diaryl/α,β-unsaturated/α-hetero) is 1. The van der Waals surface area contributed by atoms with E-state index in [0.29, 0.717) is 18.1 Å². The third-order valence-corrected chi connectivity index (χ3v) is 2.53. The number of ketones is 1. The molecule has 1 nitrogen and oxygen atoms in total. The topological polar surface area (TPSA) is 17.1 Å². The highest BCUT2D eigenvalue weighted by Crippen LogP contribution is 2.30. The fourth-order valence-electron chi connectivity index (χ4n) is 1.46. The molecule has 68 valence electrons. The number of benzene rings is 1. The zero-order valence-corrected chi connectivity index (χ0v) is 7.92. The van der Waals surface area contributed by atoms with Crippen LogP contribution in [0, 0.1) is 12.8 Å². The molecule has 0 unspecified atom stereocenters. The van der Waals surface area contributed by atoms with Gasteiger partial charge >= 0.3 is 0 Å². The first-order chi connectivity index (χ1) is 6.25. The predicted molar refractivity (Wildman–Crippen MR) is 52.6 cm³/mol. The Morgan fingerprint density at radius 1 is 1.31 bits per heavy atom. The zero-order chi connectivity index (χ0) is 9.26. The summed E-state index contributed by atoms with van der Waals surface area (Å²) in [6.45, 7) is 2.06. The second-order valence-corrected chi connectivity index (χ2v) is 3.90. The van der Waals surface area contributed by atoms with Crippen LogP contribution in [0.2, 0.25) is 0 Å². The predicted octanol–water partition coefficient (Wildman–Crippen LogP) is 2.52. The lowest BCUT2D eigenvalue weighted by Gasteiger charge is -1.99. The average Bonchev–Trinajstić information content (AvgIpc) is 2.91. The SMILES string of the molecule is Cc1ccc(CC(=O)C2CC2)cc1. The van der Waals surface area contributed by atoms with Crippen molar-refractivity contribution in [2.45, 2.75) is 26.2 Å². The average molecular weight is 174 g/mol. The molecular weight excluding hydrogens is 160 g/mol. The number of hydrogen-bond acceptors (Lipinski definition) is 1. The van der Waals surface area contributed by atoms with Crippen LogP contribution in [0.1, 0.15) is 24.0 Å². The lowest BCUT2D eigenvalue weighted by Crippen LogP contribution is -2.04. The Bertz CT molecular complexity index is 306. The van der Waals surface area contributed by atoms with Crippen molar-refractivity contribution < 1.29 is 4.79 Å². The van der Waals surface area contributed by atoms with Gasteiger partial charge in [-0.25, -0.2) is 0 Å². The summed E-state index contributed by atoms with van der Waals surface area (Å²) < 4.78 is 0. The lowest BCUT2D eigenvalue weighted by molar-refractivity contribution is -0.119. The first-order valence-corrected chi connectivity index (χ1v) is 4.84. The molecule has 2 rings (SSSR count). The number of carbonyl (C=O) groups excluding carboxylic acids is 1. The Balaban J connectivity index is 2.00. The Labute approximate surface area is 78.8 Å². The van der Waals surface area contributed by atoms with Gasteiger partial charge < -0.3 is 0 Å². The molecule has 0 N–H and O–H groups in total. The number of aryl methyl sites for hydroxylation is 1. The van der Waals surface area contributed by atoms with Crippen molar-refractivity contribution in [1.29, 1.82) is 0 Å². The molecule has 0 radical (unpaired) electrons. The molecule has 0 aliphatic heterocycles. The minimum atomic E-state index is 0.390. The molecule has 1 saturated carbocycles. The van der Waals surface area contributed by atoms with Crippen LogP contribution in [-0.2, 0) is 11.2 Å². The van der Waals surface area contributed by atoms with Gasteiger partial charge in [0.2, 0.25) is 0 Å². The number of hydrogen-bond donors (Lipinski definition) is 0. The highest BCUT2D eigenvalue weighted by molar-refractivity contribution is 5.85. The van der Waals surface area contributed by atoms with Crippen LogP contribution in [0.15, 0.2) is 24.3 Å². The van der Waals surface area contributed by atoms with E-state index in [9.17, 15) is 4.79 Å². The summed E-state index contributed by atoms with van der Waals surface area (Å²) in [5.41, 5.74) is 2.41. The molecular formula is C12H14O. The normalized spacial score (nSPS) is 15.8. The van der Waals surface area contributed by atoms with E-state index >= 15 is 0 Å². The first kappa shape index (κ1) is 8.49. The van der Waals surface area contributed by atoms with Gasteiger partial charge in [-0.15, -0.1) is 0 Å². The molecule has 0 spiro atoms. The molecule has 13 heavy (non-hydrogen) atoms. The molecule has 1 aliphatic rings. The molecule has 1 aromatic rings. The zero-order valence-electron chi connectivity index (χ0n) is 7.92. The maximum atomic E-state index is 11.5. The smallest absolute Gasteiger partial charge is 0.140 e. The van der Waals surface area contributed by atoms with E-state index in [0.717, 1.165) is 18.4 Å². The van der Waals surface area contributed by atoms with Crippen LogP contribution in [0.25, 0.3) is 0 Å². The van der Waals surface area contributed by atoms with Crippen LogP contribution >= 0.6 is 0 Å². The Morgan fingerprint density at radius 2 is 1.92 bits per heavy atom. The van der Waals surface area contributed by atoms with Crippen LogP contribution in [-0.4, -0.2) is 5.78 Å². The van der Waals surface area contributed by atoms with E-state index in [1.807, 2.05) is 0 Å². The maximum Gasteiger partial charge on any atom is 0.140 e. The number of rotatable bonds is 3. The second-order valence-electron chi connectivity index (χ2n) is 3.90. The van der Waals surface area contributed by atoms with Crippen molar-refractivity contribution in [3.05, 3.63) is 35.4 Å². The van der Waals surface area contributed by atoms with Gasteiger partial charge in [-0.1, -0.05) is 29.8 Å². The molecule has 0 bridgehead atoms. The summed E-state index contributed by atoms with van der Waals surface area (Å²) in [6, 6.07) is 8.23. The van der Waals surface area contributed by atoms with E-state index in [2.05, 4.69) is 31.2 Å². The molecule has 1 heteroatoms. The quantitative estimate of drug-likeness (QED) is 0.688. The van der Waals surface area contributed by atoms with Crippen LogP contribution in [0.5, 0.6) is 0 Å². The van der Waals surface area contributed by atoms with Gasteiger partial charge in [0.05, 0.1) is 0 Å². The van der Waals surface area contributed by atoms with Crippen molar-refractivity contribution in [2.24, 2.45) is 5.92 Å². The van der Waals surface area contributed by atoms with Gasteiger partial charge in [0, 0.05) is 12.3 Å². The summed E-state index contributed by atoms with van der Waals surface area (Å²) in [4.78, 5) is 11.5. The fourth-order valence-corrected chi connectivity index (χ4v) is 1.46. The number of carbonyl (C=O) groups is 1. The summed E-state index contributed by atoms with van der Waals surface area (Å²) in [6.07, 6.45) is 2.86. The third-order valence-electron chi connectivity index (χ3n) is 2.53. The molecule has 0 saturated heterocycles. The molecule has 1 aromatic carbocycles. The van der Waals surface area contributed by atoms with Crippen molar-refractivity contribution in [3.8, 4) is 0 Å². The molecule has 0 aromatic heterocycles. The van der Waals surface area contributed by atoms with Gasteiger partial charge in [0.15, 0.2) is 0 Å². The summed E-state index contributed by atoms with van der Waals surface area (Å²) >= 11 is 0. The van der Waals surface area contributed by atoms with Crippen molar-refractivity contribution in [1.82, 2.24) is 0 Å². The van der Waals surface area contributed by atoms with Gasteiger partial charge in [-0.2, -0.15) is 0 Å². The van der Waals surface area contributed by atoms with Crippen molar-refractivity contribution in [3.63, 3.8) is 0 Å². The minimum Gasteiger partial charge on any atom is -0.299 e. The minimum absolute atomic E-state index is 0.390. The van der Waals surface area contributed by atoms with Crippen molar-refractivity contribution >= 4 is 5.78 Å². The highest BCUT2D eigenvalue weighted by atomic mass is 16.1. The monoisotopic (exact) mass is 174 g/mol. The summed E-state index contributed by atoms with van der Waals surface area (Å²) in [7, 11) is 0. The van der Waals surface area contributed by atoms with Gasteiger partial charge in [-0.05, 0) is 25.3 Å². The van der Waals surface area contributed by atoms with E-state index in [1.165, 1.54) is 5.56 Å². The molecule has 1 fully saturated rings.